The van der Waals surface area contributed by atoms with Crippen molar-refractivity contribution < 1.29 is 17.9 Å². The van der Waals surface area contributed by atoms with Crippen LogP contribution < -0.4 is 14.4 Å². The molecule has 3 rings (SSSR count). The number of piperidine rings is 1. The van der Waals surface area contributed by atoms with E-state index in [1.807, 2.05) is 18.2 Å². The molecule has 168 valence electrons. The molecular formula is C22H28ClN3O4S. The summed E-state index contributed by atoms with van der Waals surface area (Å²) in [7, 11) is -2.20. The Morgan fingerprint density at radius 3 is 2.58 bits per heavy atom. The first-order valence-corrected chi connectivity index (χ1v) is 12.1. The van der Waals surface area contributed by atoms with Crippen molar-refractivity contribution >= 4 is 33.4 Å². The fraction of sp³-hybridized carbons (Fsp3) is 0.409. The largest absolute Gasteiger partial charge is 0.497 e. The molecule has 0 unspecified atom stereocenters. The molecule has 1 aliphatic heterocycles. The number of halogens is 1. The summed E-state index contributed by atoms with van der Waals surface area (Å²) in [6.07, 6.45) is 1.28. The Balaban J connectivity index is 1.68. The van der Waals surface area contributed by atoms with Crippen LogP contribution in [0.2, 0.25) is 5.02 Å². The first-order valence-electron chi connectivity index (χ1n) is 10.3. The summed E-state index contributed by atoms with van der Waals surface area (Å²) in [5.41, 5.74) is 1.39. The van der Waals surface area contributed by atoms with Crippen molar-refractivity contribution in [1.29, 1.82) is 0 Å². The molecule has 7 nitrogen and oxygen atoms in total. The van der Waals surface area contributed by atoms with E-state index in [-0.39, 0.29) is 19.0 Å². The number of methoxy groups -OCH3 is 1. The molecule has 1 heterocycles. The predicted octanol–water partition coefficient (Wildman–Crippen LogP) is 3.45. The van der Waals surface area contributed by atoms with E-state index in [2.05, 4.69) is 5.32 Å². The number of nitrogens with one attached hydrogen (secondary N) is 1. The van der Waals surface area contributed by atoms with E-state index in [1.54, 1.807) is 44.4 Å². The number of benzene rings is 2. The molecule has 1 atom stereocenters. The Kier molecular flexibility index (Phi) is 7.80. The molecule has 0 bridgehead atoms. The van der Waals surface area contributed by atoms with Crippen molar-refractivity contribution in [1.82, 2.24) is 9.62 Å². The number of amides is 1. The van der Waals surface area contributed by atoms with Gasteiger partial charge in [-0.2, -0.15) is 12.7 Å². The molecule has 2 aromatic rings. The summed E-state index contributed by atoms with van der Waals surface area (Å²) < 4.78 is 34.6. The molecule has 0 saturated carbocycles. The van der Waals surface area contributed by atoms with Gasteiger partial charge in [0.2, 0.25) is 5.91 Å². The van der Waals surface area contributed by atoms with Crippen LogP contribution >= 0.6 is 11.6 Å². The second-order valence-corrected chi connectivity index (χ2v) is 9.64. The third-order valence-corrected chi connectivity index (χ3v) is 7.80. The molecule has 1 fully saturated rings. The van der Waals surface area contributed by atoms with Crippen LogP contribution in [-0.2, 0) is 21.5 Å². The van der Waals surface area contributed by atoms with Crippen molar-refractivity contribution in [3.8, 4) is 5.75 Å². The summed E-state index contributed by atoms with van der Waals surface area (Å²) in [6.45, 7) is 2.94. The summed E-state index contributed by atoms with van der Waals surface area (Å²) >= 11 is 6.15. The lowest BCUT2D eigenvalue weighted by Gasteiger charge is -2.35. The van der Waals surface area contributed by atoms with Gasteiger partial charge in [-0.05, 0) is 55.7 Å². The number of nitrogens with zero attached hydrogens (tertiary/aromatic N) is 2. The van der Waals surface area contributed by atoms with E-state index < -0.39 is 16.1 Å². The normalized spacial score (nSPS) is 17.2. The number of carbonyl (C=O) groups excluding carboxylic acids is 1. The van der Waals surface area contributed by atoms with Gasteiger partial charge in [-0.15, -0.1) is 0 Å². The fourth-order valence-electron chi connectivity index (χ4n) is 3.70. The number of hydrogen-bond donors (Lipinski definition) is 1. The van der Waals surface area contributed by atoms with Gasteiger partial charge >= 0.3 is 10.2 Å². The Morgan fingerprint density at radius 2 is 1.94 bits per heavy atom. The number of hydrogen-bond acceptors (Lipinski definition) is 4. The Bertz CT molecular complexity index is 998. The fourth-order valence-corrected chi connectivity index (χ4v) is 5.63. The topological polar surface area (TPSA) is 79.0 Å². The molecule has 0 radical (unpaired) electrons. The highest BCUT2D eigenvalue weighted by molar-refractivity contribution is 7.90. The molecule has 0 aliphatic carbocycles. The monoisotopic (exact) mass is 465 g/mol. The van der Waals surface area contributed by atoms with E-state index in [4.69, 9.17) is 16.3 Å². The summed E-state index contributed by atoms with van der Waals surface area (Å²) in [5, 5.41) is 3.49. The molecule has 2 aromatic carbocycles. The second kappa shape index (κ2) is 10.3. The maximum absolute atomic E-state index is 13.3. The van der Waals surface area contributed by atoms with E-state index in [9.17, 15) is 13.2 Å². The molecule has 0 aromatic heterocycles. The maximum Gasteiger partial charge on any atom is 0.304 e. The minimum Gasteiger partial charge on any atom is -0.497 e. The zero-order valence-electron chi connectivity index (χ0n) is 17.8. The summed E-state index contributed by atoms with van der Waals surface area (Å²) in [5.74, 6) is 0.0957. The van der Waals surface area contributed by atoms with Crippen LogP contribution in [0, 0.1) is 5.92 Å². The lowest BCUT2D eigenvalue weighted by Crippen LogP contribution is -2.50. The Morgan fingerprint density at radius 1 is 1.23 bits per heavy atom. The lowest BCUT2D eigenvalue weighted by atomic mass is 9.99. The van der Waals surface area contributed by atoms with E-state index >= 15 is 0 Å². The average Bonchev–Trinajstić information content (AvgIpc) is 2.79. The summed E-state index contributed by atoms with van der Waals surface area (Å²) in [6, 6.07) is 14.2. The van der Waals surface area contributed by atoms with Crippen molar-refractivity contribution in [3.63, 3.8) is 0 Å². The standard InChI is InChI=1S/C22H28ClN3O4S/c1-3-26(19-10-12-20(30-2)13-11-19)31(28,29)25-14-6-8-18(16-25)22(27)24-15-17-7-4-5-9-21(17)23/h4-5,7,9-13,18H,3,6,8,14-16H2,1-2H3,(H,24,27)/t18-/m0/s1. The summed E-state index contributed by atoms with van der Waals surface area (Å²) in [4.78, 5) is 12.7. The van der Waals surface area contributed by atoms with E-state index in [0.717, 1.165) is 5.56 Å². The highest BCUT2D eigenvalue weighted by Crippen LogP contribution is 2.27. The molecule has 1 aliphatic rings. The van der Waals surface area contributed by atoms with Crippen LogP contribution in [0.25, 0.3) is 0 Å². The second-order valence-electron chi connectivity index (χ2n) is 7.38. The number of anilines is 1. The zero-order valence-corrected chi connectivity index (χ0v) is 19.3. The molecule has 1 amide bonds. The van der Waals surface area contributed by atoms with Gasteiger partial charge in [0, 0.05) is 31.2 Å². The van der Waals surface area contributed by atoms with E-state index in [1.165, 1.54) is 8.61 Å². The molecular weight excluding hydrogens is 438 g/mol. The van der Waals surface area contributed by atoms with Crippen LogP contribution in [0.3, 0.4) is 0 Å². The van der Waals surface area contributed by atoms with Gasteiger partial charge in [0.15, 0.2) is 0 Å². The zero-order chi connectivity index (χ0) is 22.4. The Hall–Kier alpha value is -2.29. The highest BCUT2D eigenvalue weighted by Gasteiger charge is 2.35. The van der Waals surface area contributed by atoms with Crippen molar-refractivity contribution in [2.75, 3.05) is 31.0 Å². The van der Waals surface area contributed by atoms with Crippen LogP contribution in [0.4, 0.5) is 5.69 Å². The van der Waals surface area contributed by atoms with Gasteiger partial charge in [0.1, 0.15) is 5.75 Å². The number of carbonyl (C=O) groups is 1. The molecule has 0 spiro atoms. The van der Waals surface area contributed by atoms with Gasteiger partial charge < -0.3 is 10.1 Å². The molecule has 31 heavy (non-hydrogen) atoms. The quantitative estimate of drug-likeness (QED) is 0.647. The van der Waals surface area contributed by atoms with Crippen LogP contribution in [0.15, 0.2) is 48.5 Å². The third kappa shape index (κ3) is 5.50. The SMILES string of the molecule is CCN(c1ccc(OC)cc1)S(=O)(=O)N1CCC[C@H](C(=O)NCc2ccccc2Cl)C1. The van der Waals surface area contributed by atoms with Crippen molar-refractivity contribution in [3.05, 3.63) is 59.1 Å². The van der Waals surface area contributed by atoms with Crippen LogP contribution in [0.1, 0.15) is 25.3 Å². The molecule has 1 saturated heterocycles. The van der Waals surface area contributed by atoms with Crippen LogP contribution in [0.5, 0.6) is 5.75 Å². The van der Waals surface area contributed by atoms with Gasteiger partial charge in [0.25, 0.3) is 0 Å². The molecule has 1 N–H and O–H groups in total. The Labute approximate surface area is 189 Å². The van der Waals surface area contributed by atoms with E-state index in [0.29, 0.717) is 42.4 Å². The maximum atomic E-state index is 13.3. The van der Waals surface area contributed by atoms with Crippen molar-refractivity contribution in [2.45, 2.75) is 26.3 Å². The average molecular weight is 466 g/mol. The van der Waals surface area contributed by atoms with Gasteiger partial charge in [-0.1, -0.05) is 29.8 Å². The predicted molar refractivity (Wildman–Crippen MR) is 123 cm³/mol. The number of rotatable bonds is 8. The highest BCUT2D eigenvalue weighted by atomic mass is 35.5. The van der Waals surface area contributed by atoms with Gasteiger partial charge in [0.05, 0.1) is 18.7 Å². The van der Waals surface area contributed by atoms with Gasteiger partial charge in [-0.3, -0.25) is 9.10 Å². The third-order valence-electron chi connectivity index (χ3n) is 5.42. The minimum absolute atomic E-state index is 0.156. The number of ether oxygens (including phenoxy) is 1. The first kappa shape index (κ1) is 23.4. The lowest BCUT2D eigenvalue weighted by molar-refractivity contribution is -0.126. The minimum atomic E-state index is -3.76. The smallest absolute Gasteiger partial charge is 0.304 e. The van der Waals surface area contributed by atoms with Gasteiger partial charge in [-0.25, -0.2) is 0 Å². The van der Waals surface area contributed by atoms with Crippen LogP contribution in [-0.4, -0.2) is 45.4 Å². The van der Waals surface area contributed by atoms with Crippen molar-refractivity contribution in [2.24, 2.45) is 5.92 Å². The molecule has 9 heteroatoms. The first-order chi connectivity index (χ1) is 14.9.